The first-order chi connectivity index (χ1) is 18.1. The number of anilines is 1. The van der Waals surface area contributed by atoms with Crippen molar-refractivity contribution in [3.8, 4) is 0 Å². The van der Waals surface area contributed by atoms with Gasteiger partial charge in [-0.1, -0.05) is 43.3 Å². The molecule has 38 heavy (non-hydrogen) atoms. The molecule has 0 saturated carbocycles. The number of likely N-dealkylation sites (N-methyl/N-ethyl adjacent to an activating group) is 1. The van der Waals surface area contributed by atoms with Crippen molar-refractivity contribution in [1.29, 1.82) is 0 Å². The number of hydrogen-bond acceptors (Lipinski definition) is 6. The summed E-state index contributed by atoms with van der Waals surface area (Å²) >= 11 is 0. The summed E-state index contributed by atoms with van der Waals surface area (Å²) in [6.07, 6.45) is 0.217. The SMILES string of the molecule is CC[C@H](C(=O)NC)N(Cc1ccc(F)cc1)C(=O)CN(c1cccc([N+](=O)[O-])c1)S(=O)(=O)c1ccccc1. The molecule has 0 bridgehead atoms. The largest absolute Gasteiger partial charge is 0.357 e. The van der Waals surface area contributed by atoms with Crippen LogP contribution in [0.1, 0.15) is 18.9 Å². The summed E-state index contributed by atoms with van der Waals surface area (Å²) < 4.78 is 41.6. The summed E-state index contributed by atoms with van der Waals surface area (Å²) in [7, 11) is -2.93. The smallest absolute Gasteiger partial charge is 0.271 e. The third-order valence-corrected chi connectivity index (χ3v) is 7.63. The number of sulfonamides is 1. The minimum atomic E-state index is -4.35. The quantitative estimate of drug-likeness (QED) is 0.292. The van der Waals surface area contributed by atoms with Crippen molar-refractivity contribution in [1.82, 2.24) is 10.2 Å². The van der Waals surface area contributed by atoms with Crippen molar-refractivity contribution in [2.45, 2.75) is 30.8 Å². The van der Waals surface area contributed by atoms with E-state index in [-0.39, 0.29) is 29.2 Å². The second kappa shape index (κ2) is 12.3. The molecule has 0 spiro atoms. The van der Waals surface area contributed by atoms with Gasteiger partial charge in [0.2, 0.25) is 11.8 Å². The predicted octanol–water partition coefficient (Wildman–Crippen LogP) is 3.48. The summed E-state index contributed by atoms with van der Waals surface area (Å²) in [5.41, 5.74) is 0.0734. The van der Waals surface area contributed by atoms with Crippen molar-refractivity contribution < 1.29 is 27.3 Å². The summed E-state index contributed by atoms with van der Waals surface area (Å²) in [5, 5.41) is 13.9. The van der Waals surface area contributed by atoms with Gasteiger partial charge in [0, 0.05) is 25.7 Å². The fourth-order valence-electron chi connectivity index (χ4n) is 3.88. The second-order valence-corrected chi connectivity index (χ2v) is 10.2. The molecule has 3 aromatic rings. The number of carbonyl (C=O) groups excluding carboxylic acids is 2. The molecule has 0 saturated heterocycles. The molecular weight excluding hydrogens is 515 g/mol. The van der Waals surface area contributed by atoms with Crippen LogP contribution in [0.15, 0.2) is 83.8 Å². The van der Waals surface area contributed by atoms with Gasteiger partial charge in [0.05, 0.1) is 15.5 Å². The van der Waals surface area contributed by atoms with Crippen LogP contribution in [0.5, 0.6) is 0 Å². The van der Waals surface area contributed by atoms with E-state index in [4.69, 9.17) is 0 Å². The van der Waals surface area contributed by atoms with Crippen molar-refractivity contribution in [3.05, 3.63) is 100 Å². The van der Waals surface area contributed by atoms with Crippen LogP contribution < -0.4 is 9.62 Å². The highest BCUT2D eigenvalue weighted by Gasteiger charge is 2.33. The fraction of sp³-hybridized carbons (Fsp3) is 0.231. The number of hydrogen-bond donors (Lipinski definition) is 1. The van der Waals surface area contributed by atoms with Crippen LogP contribution >= 0.6 is 0 Å². The van der Waals surface area contributed by atoms with Gasteiger partial charge in [-0.05, 0) is 42.3 Å². The molecule has 200 valence electrons. The third kappa shape index (κ3) is 6.51. The van der Waals surface area contributed by atoms with Gasteiger partial charge in [0.25, 0.3) is 15.7 Å². The standard InChI is InChI=1S/C26H27FN4O6S/c1-3-24(26(33)28-2)29(17-19-12-14-20(27)15-13-19)25(32)18-30(21-8-7-9-22(16-21)31(34)35)38(36,37)23-10-5-4-6-11-23/h4-16,24H,3,17-18H2,1-2H3,(H,28,33)/t24-/m1/s1. The topological polar surface area (TPSA) is 130 Å². The molecule has 3 rings (SSSR count). The molecule has 10 nitrogen and oxygen atoms in total. The Kier molecular flexibility index (Phi) is 9.13. The molecule has 1 atom stereocenters. The van der Waals surface area contributed by atoms with Gasteiger partial charge in [-0.15, -0.1) is 0 Å². The van der Waals surface area contributed by atoms with Crippen molar-refractivity contribution >= 4 is 33.2 Å². The van der Waals surface area contributed by atoms with Gasteiger partial charge in [-0.25, -0.2) is 12.8 Å². The number of nitrogens with one attached hydrogen (secondary N) is 1. The number of rotatable bonds is 11. The van der Waals surface area contributed by atoms with Crippen molar-refractivity contribution in [2.75, 3.05) is 17.9 Å². The number of non-ortho nitro benzene ring substituents is 1. The van der Waals surface area contributed by atoms with Crippen LogP contribution in [0.25, 0.3) is 0 Å². The molecule has 0 aliphatic carbocycles. The van der Waals surface area contributed by atoms with Gasteiger partial charge in [0.1, 0.15) is 18.4 Å². The van der Waals surface area contributed by atoms with Crippen LogP contribution in [-0.2, 0) is 26.2 Å². The lowest BCUT2D eigenvalue weighted by atomic mass is 10.1. The van der Waals surface area contributed by atoms with Crippen LogP contribution in [0, 0.1) is 15.9 Å². The monoisotopic (exact) mass is 542 g/mol. The molecule has 2 amide bonds. The Bertz CT molecular complexity index is 1400. The maximum absolute atomic E-state index is 13.7. The number of benzene rings is 3. The summed E-state index contributed by atoms with van der Waals surface area (Å²) in [6.45, 7) is 0.857. The Morgan fingerprint density at radius 3 is 2.26 bits per heavy atom. The molecule has 1 N–H and O–H groups in total. The lowest BCUT2D eigenvalue weighted by molar-refractivity contribution is -0.384. The molecule has 0 aliphatic heterocycles. The fourth-order valence-corrected chi connectivity index (χ4v) is 5.31. The molecule has 12 heteroatoms. The zero-order valence-electron chi connectivity index (χ0n) is 20.8. The molecule has 0 fully saturated rings. The highest BCUT2D eigenvalue weighted by molar-refractivity contribution is 7.92. The summed E-state index contributed by atoms with van der Waals surface area (Å²) in [4.78, 5) is 38.2. The van der Waals surface area contributed by atoms with E-state index in [0.29, 0.717) is 5.56 Å². The first kappa shape index (κ1) is 28.3. The van der Waals surface area contributed by atoms with Crippen molar-refractivity contribution in [3.63, 3.8) is 0 Å². The minimum absolute atomic E-state index is 0.0915. The first-order valence-corrected chi connectivity index (χ1v) is 13.1. The summed E-state index contributed by atoms with van der Waals surface area (Å²) in [5.74, 6) is -1.66. The molecule has 0 radical (unpaired) electrons. The summed E-state index contributed by atoms with van der Waals surface area (Å²) in [6, 6.07) is 16.7. The van der Waals surface area contributed by atoms with E-state index in [1.165, 1.54) is 78.7 Å². The Balaban J connectivity index is 2.08. The van der Waals surface area contributed by atoms with E-state index in [2.05, 4.69) is 5.32 Å². The molecule has 0 aromatic heterocycles. The molecule has 0 heterocycles. The zero-order chi connectivity index (χ0) is 27.9. The number of nitro benzene ring substituents is 1. The number of halogens is 1. The minimum Gasteiger partial charge on any atom is -0.357 e. The van der Waals surface area contributed by atoms with Gasteiger partial charge < -0.3 is 10.2 Å². The number of carbonyl (C=O) groups is 2. The van der Waals surface area contributed by atoms with E-state index in [1.807, 2.05) is 0 Å². The predicted molar refractivity (Wildman–Crippen MR) is 139 cm³/mol. The molecule has 0 unspecified atom stereocenters. The maximum atomic E-state index is 13.7. The Labute approximate surface area is 219 Å². The van der Waals surface area contributed by atoms with Crippen LogP contribution in [-0.4, -0.2) is 49.7 Å². The zero-order valence-corrected chi connectivity index (χ0v) is 21.6. The van der Waals surface area contributed by atoms with Gasteiger partial charge in [-0.2, -0.15) is 0 Å². The lowest BCUT2D eigenvalue weighted by Gasteiger charge is -2.33. The van der Waals surface area contributed by atoms with E-state index in [0.717, 1.165) is 10.4 Å². The first-order valence-electron chi connectivity index (χ1n) is 11.7. The molecular formula is C26H27FN4O6S. The molecule has 3 aromatic carbocycles. The normalized spacial score (nSPS) is 11.9. The van der Waals surface area contributed by atoms with Crippen molar-refractivity contribution in [2.24, 2.45) is 0 Å². The number of amides is 2. The highest BCUT2D eigenvalue weighted by atomic mass is 32.2. The van der Waals surface area contributed by atoms with Gasteiger partial charge >= 0.3 is 0 Å². The van der Waals surface area contributed by atoms with Crippen LogP contribution in [0.2, 0.25) is 0 Å². The van der Waals surface area contributed by atoms with Crippen LogP contribution in [0.4, 0.5) is 15.8 Å². The van der Waals surface area contributed by atoms with E-state index >= 15 is 0 Å². The lowest BCUT2D eigenvalue weighted by Crippen LogP contribution is -2.51. The average Bonchev–Trinajstić information content (AvgIpc) is 2.92. The average molecular weight is 543 g/mol. The number of nitro groups is 1. The third-order valence-electron chi connectivity index (χ3n) is 5.84. The van der Waals surface area contributed by atoms with E-state index in [9.17, 15) is 32.5 Å². The Morgan fingerprint density at radius 1 is 1.03 bits per heavy atom. The van der Waals surface area contributed by atoms with Gasteiger partial charge in [0.15, 0.2) is 0 Å². The van der Waals surface area contributed by atoms with E-state index in [1.54, 1.807) is 13.0 Å². The highest BCUT2D eigenvalue weighted by Crippen LogP contribution is 2.27. The van der Waals surface area contributed by atoms with E-state index < -0.39 is 45.2 Å². The number of nitrogens with zero attached hydrogens (tertiary/aromatic N) is 3. The Hall–Kier alpha value is -4.32. The Morgan fingerprint density at radius 2 is 1.68 bits per heavy atom. The van der Waals surface area contributed by atoms with Crippen LogP contribution in [0.3, 0.4) is 0 Å². The maximum Gasteiger partial charge on any atom is 0.271 e. The second-order valence-electron chi connectivity index (χ2n) is 8.29. The molecule has 0 aliphatic rings. The van der Waals surface area contributed by atoms with Gasteiger partial charge in [-0.3, -0.25) is 24.0 Å².